The van der Waals surface area contributed by atoms with Crippen LogP contribution >= 0.6 is 0 Å². The first-order valence-electron chi connectivity index (χ1n) is 29.5. The third kappa shape index (κ3) is 20.1. The van der Waals surface area contributed by atoms with Crippen molar-refractivity contribution in [2.45, 2.75) is 160 Å². The molecule has 0 saturated carbocycles. The number of guanidine groups is 1. The highest BCUT2D eigenvalue weighted by molar-refractivity contribution is 6.02. The van der Waals surface area contributed by atoms with E-state index in [1.165, 1.54) is 36.8 Å². The maximum Gasteiger partial charge on any atom is 0.249 e. The van der Waals surface area contributed by atoms with Gasteiger partial charge in [-0.25, -0.2) is 4.98 Å². The Kier molecular flexibility index (Phi) is 25.4. The number of hydrogen-bond donors (Lipinski definition) is 15. The molecule has 9 amide bonds. The average molecular weight is 1200 g/mol. The zero-order valence-corrected chi connectivity index (χ0v) is 49.6. The number of amides is 9. The van der Waals surface area contributed by atoms with Gasteiger partial charge < -0.3 is 74.2 Å². The molecule has 27 nitrogen and oxygen atoms in total. The van der Waals surface area contributed by atoms with E-state index < -0.39 is 114 Å². The van der Waals surface area contributed by atoms with Crippen LogP contribution in [-0.4, -0.2) is 176 Å². The SMILES string of the molecule is CCN1CCC[C@H]1C(=O)NC(=O)[C@H](CCCN=C(N)N)NC(=O)[C@H](CC(C)C)NC(=O)[C@@H](CC(C)C)NC(=O)[C@H](Cc1ccc(O)cc1)NC(=O)[C@H](CO)NC(=O)[C@H](Cc1c[nH]c2ccccc12)NC(=O)[C@H](Cc1cnc[nH]1)NC(=O)[C@@H]1CCCN1. The molecule has 86 heavy (non-hydrogen) atoms. The number of nitrogens with zero attached hydrogens (tertiary/aromatic N) is 3. The van der Waals surface area contributed by atoms with E-state index in [0.29, 0.717) is 49.3 Å². The predicted molar refractivity (Wildman–Crippen MR) is 320 cm³/mol. The zero-order valence-electron chi connectivity index (χ0n) is 49.6. The van der Waals surface area contributed by atoms with E-state index in [0.717, 1.165) is 23.7 Å². The Labute approximate surface area is 500 Å². The minimum absolute atomic E-state index is 0.0155. The third-order valence-corrected chi connectivity index (χ3v) is 15.1. The number of aliphatic imine (C=N–C) groups is 1. The summed E-state index contributed by atoms with van der Waals surface area (Å²) >= 11 is 0. The third-order valence-electron chi connectivity index (χ3n) is 15.1. The number of phenolic OH excluding ortho intramolecular Hbond substituents is 1. The van der Waals surface area contributed by atoms with Gasteiger partial charge in [0.15, 0.2) is 5.96 Å². The van der Waals surface area contributed by atoms with Crippen molar-refractivity contribution < 1.29 is 53.4 Å². The van der Waals surface area contributed by atoms with Crippen LogP contribution in [0.2, 0.25) is 0 Å². The lowest BCUT2D eigenvalue weighted by molar-refractivity contribution is -0.137. The van der Waals surface area contributed by atoms with Gasteiger partial charge in [-0.2, -0.15) is 0 Å². The molecule has 468 valence electrons. The van der Waals surface area contributed by atoms with Crippen molar-refractivity contribution in [1.29, 1.82) is 0 Å². The number of aromatic amines is 2. The predicted octanol–water partition coefficient (Wildman–Crippen LogP) is -0.965. The van der Waals surface area contributed by atoms with Crippen molar-refractivity contribution in [3.05, 3.63) is 84.1 Å². The van der Waals surface area contributed by atoms with Crippen LogP contribution in [0.25, 0.3) is 10.9 Å². The summed E-state index contributed by atoms with van der Waals surface area (Å²) in [5, 5.41) is 46.3. The molecule has 2 aromatic heterocycles. The second-order valence-electron chi connectivity index (χ2n) is 22.8. The second-order valence-corrected chi connectivity index (χ2v) is 22.8. The number of likely N-dealkylation sites (N-methyl/N-ethyl adjacent to an activating group) is 1. The van der Waals surface area contributed by atoms with Crippen LogP contribution in [0.4, 0.5) is 0 Å². The molecule has 6 rings (SSSR count). The number of fused-ring (bicyclic) bond motifs is 1. The number of likely N-dealkylation sites (tertiary alicyclic amines) is 1. The number of rotatable bonds is 32. The second kappa shape index (κ2) is 32.7. The Bertz CT molecular complexity index is 2960. The van der Waals surface area contributed by atoms with E-state index in [4.69, 9.17) is 11.5 Å². The van der Waals surface area contributed by atoms with Crippen LogP contribution in [0.3, 0.4) is 0 Å². The largest absolute Gasteiger partial charge is 0.508 e. The molecule has 2 aliphatic rings. The van der Waals surface area contributed by atoms with Crippen molar-refractivity contribution in [3.63, 3.8) is 0 Å². The first-order chi connectivity index (χ1) is 41.1. The van der Waals surface area contributed by atoms with Crippen LogP contribution in [-0.2, 0) is 62.4 Å². The summed E-state index contributed by atoms with van der Waals surface area (Å²) in [6.07, 6.45) is 7.34. The Morgan fingerprint density at radius 2 is 1.26 bits per heavy atom. The molecule has 0 bridgehead atoms. The van der Waals surface area contributed by atoms with Gasteiger partial charge in [-0.3, -0.25) is 58.4 Å². The number of carbonyl (C=O) groups is 9. The molecule has 2 fully saturated rings. The lowest BCUT2D eigenvalue weighted by Crippen LogP contribution is -2.61. The molecular weight excluding hydrogens is 1110 g/mol. The number of aliphatic hydroxyl groups is 1. The molecule has 0 aliphatic carbocycles. The summed E-state index contributed by atoms with van der Waals surface area (Å²) in [5.41, 5.74) is 13.4. The summed E-state index contributed by atoms with van der Waals surface area (Å²) in [6.45, 7) is 10.3. The molecule has 0 radical (unpaired) electrons. The highest BCUT2D eigenvalue weighted by Gasteiger charge is 2.37. The van der Waals surface area contributed by atoms with E-state index in [1.54, 1.807) is 6.20 Å². The number of hydrogen-bond acceptors (Lipinski definition) is 15. The number of imidazole rings is 1. The minimum Gasteiger partial charge on any atom is -0.508 e. The number of nitrogens with one attached hydrogen (secondary N) is 11. The summed E-state index contributed by atoms with van der Waals surface area (Å²) < 4.78 is 0. The number of phenols is 1. The summed E-state index contributed by atoms with van der Waals surface area (Å²) in [4.78, 5) is 143. The van der Waals surface area contributed by atoms with Gasteiger partial charge in [0.25, 0.3) is 0 Å². The van der Waals surface area contributed by atoms with Crippen molar-refractivity contribution in [3.8, 4) is 5.75 Å². The lowest BCUT2D eigenvalue weighted by atomic mass is 9.98. The number of H-pyrrole nitrogens is 2. The standard InChI is InChI=1S/C59H86N16O11/c1-6-75-23-11-16-49(75)58(86)74-51(79)42(15-10-22-64-59(60)61)67-52(80)43(24-33(2)3)68-53(81)44(25-34(4)5)69-54(82)45(26-35-17-19-38(77)20-18-35)70-57(85)48(31-76)73-55(83)46(27-36-29-65-40-13-8-7-12-39(36)40)71-56(84)47(28-37-30-62-32-66-37)72-50(78)41-14-9-21-63-41/h7-8,12-13,17-20,29-30,32-34,41-49,63,65,76-77H,6,9-11,14-16,21-28,31H2,1-5H3,(H,62,66)(H,67,80)(H,68,81)(H,69,82)(H,70,85)(H,71,84)(H,72,78)(H,73,83)(H4,60,61,64)(H,74,79,86)/t41-,42-,43-,44+,45-,46-,47-,48-,49-/m0/s1. The molecule has 0 spiro atoms. The molecule has 4 heterocycles. The number of carbonyl (C=O) groups excluding carboxylic acids is 9. The smallest absolute Gasteiger partial charge is 0.249 e. The Morgan fingerprint density at radius 1 is 0.674 bits per heavy atom. The van der Waals surface area contributed by atoms with Crippen LogP contribution in [0.5, 0.6) is 5.75 Å². The number of aromatic hydroxyl groups is 1. The Morgan fingerprint density at radius 3 is 1.84 bits per heavy atom. The average Bonchev–Trinajstić information content (AvgIpc) is 3.14. The van der Waals surface area contributed by atoms with Gasteiger partial charge in [-0.05, 0) is 112 Å². The quantitative estimate of drug-likeness (QED) is 0.0159. The van der Waals surface area contributed by atoms with Crippen LogP contribution in [0.15, 0.2) is 72.2 Å². The molecule has 4 aromatic rings. The van der Waals surface area contributed by atoms with Gasteiger partial charge in [0.05, 0.1) is 25.0 Å². The van der Waals surface area contributed by atoms with Crippen LogP contribution in [0, 0.1) is 11.8 Å². The van der Waals surface area contributed by atoms with E-state index in [2.05, 4.69) is 67.8 Å². The molecule has 2 saturated heterocycles. The summed E-state index contributed by atoms with van der Waals surface area (Å²) in [6, 6.07) is 2.44. The van der Waals surface area contributed by atoms with E-state index in [9.17, 15) is 53.4 Å². The fourth-order valence-corrected chi connectivity index (χ4v) is 10.6. The maximum absolute atomic E-state index is 14.7. The first kappa shape index (κ1) is 66.7. The number of aromatic nitrogens is 3. The molecule has 27 heteroatoms. The highest BCUT2D eigenvalue weighted by Crippen LogP contribution is 2.21. The van der Waals surface area contributed by atoms with Crippen LogP contribution < -0.4 is 59.3 Å². The van der Waals surface area contributed by atoms with Crippen LogP contribution in [0.1, 0.15) is 103 Å². The number of para-hydroxylation sites is 1. The molecule has 0 unspecified atom stereocenters. The highest BCUT2D eigenvalue weighted by atomic mass is 16.3. The van der Waals surface area contributed by atoms with Gasteiger partial charge >= 0.3 is 0 Å². The van der Waals surface area contributed by atoms with Gasteiger partial charge in [0.1, 0.15) is 48.0 Å². The number of benzene rings is 2. The van der Waals surface area contributed by atoms with Crippen molar-refractivity contribution >= 4 is 70.0 Å². The monoisotopic (exact) mass is 1190 g/mol. The van der Waals surface area contributed by atoms with E-state index in [1.807, 2.05) is 63.8 Å². The Balaban J connectivity index is 1.21. The number of aliphatic hydroxyl groups excluding tert-OH is 1. The van der Waals surface area contributed by atoms with Gasteiger partial charge in [0, 0.05) is 54.8 Å². The summed E-state index contributed by atoms with van der Waals surface area (Å²) in [7, 11) is 0. The fraction of sp³-hybridized carbons (Fsp3) is 0.542. The fourth-order valence-electron chi connectivity index (χ4n) is 10.6. The lowest BCUT2D eigenvalue weighted by Gasteiger charge is -2.29. The normalized spacial score (nSPS) is 17.5. The molecular formula is C59H86N16O11. The van der Waals surface area contributed by atoms with Gasteiger partial charge in [0.2, 0.25) is 53.2 Å². The summed E-state index contributed by atoms with van der Waals surface area (Å²) in [5.74, 6) is -7.30. The van der Waals surface area contributed by atoms with Crippen molar-refractivity contribution in [2.24, 2.45) is 28.3 Å². The minimum atomic E-state index is -1.72. The van der Waals surface area contributed by atoms with E-state index in [-0.39, 0.29) is 75.0 Å². The molecule has 2 aliphatic heterocycles. The Hall–Kier alpha value is -8.43. The number of nitrogens with two attached hydrogens (primary N) is 2. The van der Waals surface area contributed by atoms with Crippen molar-refractivity contribution in [1.82, 2.24) is 67.7 Å². The maximum atomic E-state index is 14.7. The van der Waals surface area contributed by atoms with Gasteiger partial charge in [-0.15, -0.1) is 0 Å². The first-order valence-corrected chi connectivity index (χ1v) is 29.5. The molecule has 9 atom stereocenters. The number of imide groups is 1. The van der Waals surface area contributed by atoms with Crippen molar-refractivity contribution in [2.75, 3.05) is 32.8 Å². The molecule has 2 aromatic carbocycles. The van der Waals surface area contributed by atoms with E-state index >= 15 is 0 Å². The topological polar surface area (TPSA) is 414 Å². The molecule has 17 N–H and O–H groups in total. The van der Waals surface area contributed by atoms with Gasteiger partial charge in [-0.1, -0.05) is 65.0 Å². The zero-order chi connectivity index (χ0) is 62.5.